The maximum atomic E-state index is 13.0. The van der Waals surface area contributed by atoms with E-state index in [9.17, 15) is 14.4 Å². The van der Waals surface area contributed by atoms with E-state index in [1.165, 1.54) is 5.19 Å². The Morgan fingerprint density at radius 3 is 2.29 bits per heavy atom. The number of anilines is 1. The molecule has 0 aliphatic rings. The number of nitrogens with one attached hydrogen (secondary N) is 4. The molecule has 1 unspecified atom stereocenters. The second-order valence-corrected chi connectivity index (χ2v) is 10.3. The van der Waals surface area contributed by atoms with Crippen molar-refractivity contribution in [1.29, 1.82) is 0 Å². The third kappa shape index (κ3) is 7.87. The standard InChI is InChI=1S/C22H30N4O4Si/c1-30-18-8-4-16(5-9-18)21(26-20(28)14-23-12-13-24-15-27)22(29)25-17-6-10-19(11-7-17)31(2)3/h4-11,15,21,23,31H,12-14H2,1-3H3,(H,24,27)(H,25,29)(H,26,28). The van der Waals surface area contributed by atoms with Crippen molar-refractivity contribution < 1.29 is 19.1 Å². The van der Waals surface area contributed by atoms with Gasteiger partial charge in [0.1, 0.15) is 11.8 Å². The van der Waals surface area contributed by atoms with Gasteiger partial charge in [-0.25, -0.2) is 0 Å². The minimum absolute atomic E-state index is 0.0220. The lowest BCUT2D eigenvalue weighted by Gasteiger charge is -2.20. The Morgan fingerprint density at radius 1 is 1.03 bits per heavy atom. The molecule has 1 atom stereocenters. The van der Waals surface area contributed by atoms with E-state index in [1.54, 1.807) is 31.4 Å². The van der Waals surface area contributed by atoms with Gasteiger partial charge >= 0.3 is 0 Å². The molecule has 2 rings (SSSR count). The van der Waals surface area contributed by atoms with Crippen molar-refractivity contribution in [1.82, 2.24) is 16.0 Å². The highest BCUT2D eigenvalue weighted by Gasteiger charge is 2.23. The first-order valence-electron chi connectivity index (χ1n) is 10.2. The highest BCUT2D eigenvalue weighted by molar-refractivity contribution is 6.70. The average Bonchev–Trinajstić information content (AvgIpc) is 2.77. The predicted octanol–water partition coefficient (Wildman–Crippen LogP) is 0.521. The van der Waals surface area contributed by atoms with Crippen molar-refractivity contribution in [3.05, 3.63) is 54.1 Å². The molecule has 0 aromatic heterocycles. The maximum Gasteiger partial charge on any atom is 0.251 e. The molecule has 9 heteroatoms. The number of carbonyl (C=O) groups is 3. The van der Waals surface area contributed by atoms with Gasteiger partial charge in [-0.1, -0.05) is 42.5 Å². The maximum absolute atomic E-state index is 13.0. The zero-order valence-corrected chi connectivity index (χ0v) is 19.3. The number of hydrogen-bond donors (Lipinski definition) is 4. The first-order valence-corrected chi connectivity index (χ1v) is 13.0. The number of rotatable bonds is 12. The molecule has 0 fully saturated rings. The van der Waals surface area contributed by atoms with Gasteiger partial charge in [0.15, 0.2) is 0 Å². The van der Waals surface area contributed by atoms with Crippen LogP contribution in [0.1, 0.15) is 11.6 Å². The molecule has 0 aliphatic heterocycles. The molecule has 0 heterocycles. The van der Waals surface area contributed by atoms with Gasteiger partial charge in [-0.15, -0.1) is 0 Å². The van der Waals surface area contributed by atoms with Crippen LogP contribution in [0.5, 0.6) is 5.75 Å². The van der Waals surface area contributed by atoms with E-state index in [0.717, 1.165) is 0 Å². The van der Waals surface area contributed by atoms with Crippen LogP contribution in [-0.2, 0) is 14.4 Å². The number of amides is 3. The van der Waals surface area contributed by atoms with Crippen LogP contribution in [0.15, 0.2) is 48.5 Å². The van der Waals surface area contributed by atoms with Crippen molar-refractivity contribution in [2.24, 2.45) is 0 Å². The number of hydrogen-bond acceptors (Lipinski definition) is 5. The Hall–Kier alpha value is -3.17. The minimum Gasteiger partial charge on any atom is -0.497 e. The van der Waals surface area contributed by atoms with E-state index in [0.29, 0.717) is 36.5 Å². The Kier molecular flexibility index (Phi) is 9.72. The average molecular weight is 443 g/mol. The SMILES string of the molecule is COc1ccc(C(NC(=O)CNCCNC=O)C(=O)Nc2ccc([SiH](C)C)cc2)cc1. The highest BCUT2D eigenvalue weighted by Crippen LogP contribution is 2.19. The molecular weight excluding hydrogens is 412 g/mol. The fourth-order valence-corrected chi connectivity index (χ4v) is 3.86. The van der Waals surface area contributed by atoms with Gasteiger partial charge in [-0.05, 0) is 29.8 Å². The van der Waals surface area contributed by atoms with Gasteiger partial charge in [-0.2, -0.15) is 0 Å². The summed E-state index contributed by atoms with van der Waals surface area (Å²) in [6.45, 7) is 5.36. The lowest BCUT2D eigenvalue weighted by atomic mass is 10.1. The molecule has 0 saturated heterocycles. The van der Waals surface area contributed by atoms with Crippen molar-refractivity contribution in [3.8, 4) is 5.75 Å². The van der Waals surface area contributed by atoms with Gasteiger partial charge < -0.3 is 26.0 Å². The molecule has 166 valence electrons. The number of benzene rings is 2. The fourth-order valence-electron chi connectivity index (χ4n) is 2.90. The number of methoxy groups -OCH3 is 1. The lowest BCUT2D eigenvalue weighted by molar-refractivity contribution is -0.126. The smallest absolute Gasteiger partial charge is 0.251 e. The van der Waals surface area contributed by atoms with Gasteiger partial charge in [0.25, 0.3) is 5.91 Å². The molecule has 8 nitrogen and oxygen atoms in total. The van der Waals surface area contributed by atoms with Crippen molar-refractivity contribution in [2.75, 3.05) is 32.1 Å². The first kappa shape index (κ1) is 24.1. The lowest BCUT2D eigenvalue weighted by Crippen LogP contribution is -2.42. The van der Waals surface area contributed by atoms with Crippen LogP contribution in [0.25, 0.3) is 0 Å². The predicted molar refractivity (Wildman–Crippen MR) is 124 cm³/mol. The molecule has 4 N–H and O–H groups in total. The second kappa shape index (κ2) is 12.5. The first-order chi connectivity index (χ1) is 14.9. The minimum atomic E-state index is -0.913. The Balaban J connectivity index is 2.09. The van der Waals surface area contributed by atoms with Crippen molar-refractivity contribution in [3.63, 3.8) is 0 Å². The molecule has 0 saturated carbocycles. The second-order valence-electron chi connectivity index (χ2n) is 7.29. The molecule has 3 amide bonds. The summed E-state index contributed by atoms with van der Waals surface area (Å²) in [7, 11) is 0.652. The summed E-state index contributed by atoms with van der Waals surface area (Å²) in [6, 6.07) is 13.9. The third-order valence-electron chi connectivity index (χ3n) is 4.68. The van der Waals surface area contributed by atoms with Crippen LogP contribution in [0.4, 0.5) is 5.69 Å². The molecule has 0 bridgehead atoms. The summed E-state index contributed by atoms with van der Waals surface area (Å²) < 4.78 is 5.18. The molecule has 0 radical (unpaired) electrons. The molecule has 0 aliphatic carbocycles. The van der Waals surface area contributed by atoms with Crippen LogP contribution in [0, 0.1) is 0 Å². The summed E-state index contributed by atoms with van der Waals surface area (Å²) >= 11 is 0. The molecule has 2 aromatic carbocycles. The van der Waals surface area contributed by atoms with E-state index in [-0.39, 0.29) is 18.4 Å². The van der Waals surface area contributed by atoms with E-state index in [1.807, 2.05) is 24.3 Å². The number of carbonyl (C=O) groups excluding carboxylic acids is 3. The van der Waals surface area contributed by atoms with E-state index < -0.39 is 14.8 Å². The quantitative estimate of drug-likeness (QED) is 0.218. The topological polar surface area (TPSA) is 109 Å². The van der Waals surface area contributed by atoms with E-state index in [2.05, 4.69) is 34.4 Å². The summed E-state index contributed by atoms with van der Waals surface area (Å²) in [6.07, 6.45) is 0.599. The van der Waals surface area contributed by atoms with Crippen LogP contribution < -0.4 is 31.2 Å². The monoisotopic (exact) mass is 442 g/mol. The Labute approximate surface area is 184 Å². The fraction of sp³-hybridized carbons (Fsp3) is 0.318. The summed E-state index contributed by atoms with van der Waals surface area (Å²) in [5.41, 5.74) is 1.31. The Morgan fingerprint density at radius 2 is 1.71 bits per heavy atom. The Bertz CT molecular complexity index is 857. The summed E-state index contributed by atoms with van der Waals surface area (Å²) in [5, 5.41) is 12.4. The third-order valence-corrected chi connectivity index (χ3v) is 6.39. The summed E-state index contributed by atoms with van der Waals surface area (Å²) in [4.78, 5) is 35.7. The van der Waals surface area contributed by atoms with Crippen molar-refractivity contribution in [2.45, 2.75) is 19.1 Å². The van der Waals surface area contributed by atoms with Crippen LogP contribution in [0.3, 0.4) is 0 Å². The van der Waals surface area contributed by atoms with E-state index in [4.69, 9.17) is 4.74 Å². The highest BCUT2D eigenvalue weighted by atomic mass is 28.3. The van der Waals surface area contributed by atoms with Crippen molar-refractivity contribution >= 4 is 37.9 Å². The molecule has 0 spiro atoms. The largest absolute Gasteiger partial charge is 0.497 e. The van der Waals surface area contributed by atoms with Crippen LogP contribution in [-0.4, -0.2) is 53.8 Å². The van der Waals surface area contributed by atoms with Gasteiger partial charge in [0, 0.05) is 18.8 Å². The number of ether oxygens (including phenoxy) is 1. The van der Waals surface area contributed by atoms with Crippen LogP contribution in [0.2, 0.25) is 13.1 Å². The van der Waals surface area contributed by atoms with E-state index >= 15 is 0 Å². The molecular formula is C22H30N4O4Si. The van der Waals surface area contributed by atoms with Crippen LogP contribution >= 0.6 is 0 Å². The summed E-state index contributed by atoms with van der Waals surface area (Å²) in [5.74, 6) is -0.00840. The van der Waals surface area contributed by atoms with Gasteiger partial charge in [-0.3, -0.25) is 14.4 Å². The van der Waals surface area contributed by atoms with Gasteiger partial charge in [0.05, 0.1) is 22.5 Å². The molecule has 2 aromatic rings. The molecule has 31 heavy (non-hydrogen) atoms. The normalized spacial score (nSPS) is 11.5. The zero-order valence-electron chi connectivity index (χ0n) is 18.1. The zero-order chi connectivity index (χ0) is 22.6. The van der Waals surface area contributed by atoms with Gasteiger partial charge in [0.2, 0.25) is 12.3 Å².